The van der Waals surface area contributed by atoms with E-state index in [1.807, 2.05) is 6.07 Å². The fourth-order valence-electron chi connectivity index (χ4n) is 2.78. The van der Waals surface area contributed by atoms with Crippen LogP contribution in [0, 0.1) is 0 Å². The van der Waals surface area contributed by atoms with E-state index in [9.17, 15) is 4.79 Å². The van der Waals surface area contributed by atoms with Gasteiger partial charge in [0, 0.05) is 31.6 Å². The summed E-state index contributed by atoms with van der Waals surface area (Å²) in [6.07, 6.45) is 2.08. The Kier molecular flexibility index (Phi) is 5.09. The van der Waals surface area contributed by atoms with E-state index in [4.69, 9.17) is 9.15 Å². The van der Waals surface area contributed by atoms with Crippen LogP contribution in [0.25, 0.3) is 10.8 Å². The number of hydrogen-bond acceptors (Lipinski definition) is 6. The number of ether oxygens (including phenoxy) is 1. The number of furan rings is 1. The maximum atomic E-state index is 12.2. The minimum Gasteiger partial charge on any atom is -0.462 e. The van der Waals surface area contributed by atoms with E-state index in [0.717, 1.165) is 24.6 Å². The monoisotopic (exact) mass is 335 g/mol. The second kappa shape index (κ2) is 7.25. The third-order valence-electron chi connectivity index (χ3n) is 3.68. The van der Waals surface area contributed by atoms with Gasteiger partial charge in [-0.25, -0.2) is 4.98 Å². The molecule has 2 atom stereocenters. The van der Waals surface area contributed by atoms with Gasteiger partial charge in [-0.15, -0.1) is 11.3 Å². The van der Waals surface area contributed by atoms with E-state index < -0.39 is 0 Å². The van der Waals surface area contributed by atoms with Crippen LogP contribution >= 0.6 is 11.3 Å². The van der Waals surface area contributed by atoms with Crippen LogP contribution in [0.4, 0.5) is 0 Å². The Morgan fingerprint density at radius 3 is 2.91 bits per heavy atom. The van der Waals surface area contributed by atoms with Crippen LogP contribution < -0.4 is 5.32 Å². The number of nitrogens with zero attached hydrogens (tertiary/aromatic N) is 2. The third-order valence-corrected chi connectivity index (χ3v) is 4.53. The van der Waals surface area contributed by atoms with Crippen molar-refractivity contribution in [3.8, 4) is 10.8 Å². The fraction of sp³-hybridized carbons (Fsp3) is 0.500. The first-order valence-electron chi connectivity index (χ1n) is 7.77. The first kappa shape index (κ1) is 16.2. The van der Waals surface area contributed by atoms with Crippen molar-refractivity contribution in [2.24, 2.45) is 0 Å². The van der Waals surface area contributed by atoms with Crippen molar-refractivity contribution < 1.29 is 13.9 Å². The predicted molar refractivity (Wildman–Crippen MR) is 88.6 cm³/mol. The average Bonchev–Trinajstić information content (AvgIpc) is 3.17. The number of rotatable bonds is 5. The number of aromatic nitrogens is 1. The molecule has 1 aliphatic heterocycles. The van der Waals surface area contributed by atoms with Gasteiger partial charge in [0.25, 0.3) is 5.91 Å². The summed E-state index contributed by atoms with van der Waals surface area (Å²) >= 11 is 1.41. The molecule has 1 N–H and O–H groups in total. The van der Waals surface area contributed by atoms with Crippen LogP contribution in [0.3, 0.4) is 0 Å². The first-order chi connectivity index (χ1) is 11.1. The lowest BCUT2D eigenvalue weighted by molar-refractivity contribution is -0.0672. The van der Waals surface area contributed by atoms with E-state index >= 15 is 0 Å². The van der Waals surface area contributed by atoms with E-state index in [2.05, 4.69) is 29.0 Å². The summed E-state index contributed by atoms with van der Waals surface area (Å²) in [4.78, 5) is 18.8. The summed E-state index contributed by atoms with van der Waals surface area (Å²) in [6, 6.07) is 3.64. The van der Waals surface area contributed by atoms with Crippen LogP contribution in [0.15, 0.2) is 28.2 Å². The van der Waals surface area contributed by atoms with Gasteiger partial charge in [-0.3, -0.25) is 9.69 Å². The highest BCUT2D eigenvalue weighted by atomic mass is 32.1. The molecule has 124 valence electrons. The summed E-state index contributed by atoms with van der Waals surface area (Å²) in [5.41, 5.74) is 0.435. The topological polar surface area (TPSA) is 67.6 Å². The van der Waals surface area contributed by atoms with E-state index in [1.165, 1.54) is 11.3 Å². The van der Waals surface area contributed by atoms with Crippen molar-refractivity contribution in [2.75, 3.05) is 26.2 Å². The largest absolute Gasteiger partial charge is 0.462 e. The van der Waals surface area contributed by atoms with Crippen molar-refractivity contribution in [3.63, 3.8) is 0 Å². The Hall–Kier alpha value is -1.70. The van der Waals surface area contributed by atoms with Crippen molar-refractivity contribution in [1.82, 2.24) is 15.2 Å². The third kappa shape index (κ3) is 4.19. The number of hydrogen-bond donors (Lipinski definition) is 1. The Morgan fingerprint density at radius 1 is 1.43 bits per heavy atom. The Morgan fingerprint density at radius 2 is 2.22 bits per heavy atom. The molecule has 3 heterocycles. The number of carbonyl (C=O) groups is 1. The van der Waals surface area contributed by atoms with E-state index in [1.54, 1.807) is 17.7 Å². The van der Waals surface area contributed by atoms with Gasteiger partial charge >= 0.3 is 0 Å². The maximum absolute atomic E-state index is 12.2. The Balaban J connectivity index is 1.48. The summed E-state index contributed by atoms with van der Waals surface area (Å²) < 4.78 is 11.0. The molecule has 6 nitrogen and oxygen atoms in total. The molecular formula is C16H21N3O3S. The van der Waals surface area contributed by atoms with Gasteiger partial charge in [0.2, 0.25) is 0 Å². The molecule has 0 aliphatic carbocycles. The van der Waals surface area contributed by atoms with Gasteiger partial charge in [-0.1, -0.05) is 0 Å². The molecule has 3 rings (SSSR count). The van der Waals surface area contributed by atoms with Crippen molar-refractivity contribution in [2.45, 2.75) is 26.1 Å². The second-order valence-corrected chi connectivity index (χ2v) is 6.65. The lowest BCUT2D eigenvalue weighted by atomic mass is 10.2. The summed E-state index contributed by atoms with van der Waals surface area (Å²) in [5, 5.41) is 5.40. The highest BCUT2D eigenvalue weighted by Crippen LogP contribution is 2.23. The molecule has 2 aromatic rings. The molecule has 0 aromatic carbocycles. The summed E-state index contributed by atoms with van der Waals surface area (Å²) in [6.45, 7) is 7.38. The van der Waals surface area contributed by atoms with E-state index in [-0.39, 0.29) is 18.1 Å². The van der Waals surface area contributed by atoms with Gasteiger partial charge in [0.05, 0.1) is 18.5 Å². The zero-order chi connectivity index (χ0) is 16.2. The highest BCUT2D eigenvalue weighted by Gasteiger charge is 2.22. The normalized spacial score (nSPS) is 22.2. The van der Waals surface area contributed by atoms with Gasteiger partial charge in [-0.05, 0) is 26.0 Å². The molecule has 1 aliphatic rings. The van der Waals surface area contributed by atoms with Crippen LogP contribution in [0.1, 0.15) is 24.3 Å². The lowest BCUT2D eigenvalue weighted by Crippen LogP contribution is -2.47. The van der Waals surface area contributed by atoms with Crippen molar-refractivity contribution >= 4 is 17.2 Å². The molecule has 1 fully saturated rings. The van der Waals surface area contributed by atoms with Crippen LogP contribution in [0.2, 0.25) is 0 Å². The van der Waals surface area contributed by atoms with E-state index in [0.29, 0.717) is 18.0 Å². The highest BCUT2D eigenvalue weighted by molar-refractivity contribution is 7.13. The summed E-state index contributed by atoms with van der Waals surface area (Å²) in [7, 11) is 0. The van der Waals surface area contributed by atoms with Crippen LogP contribution in [0.5, 0.6) is 0 Å². The fourth-order valence-corrected chi connectivity index (χ4v) is 3.54. The van der Waals surface area contributed by atoms with Gasteiger partial charge in [-0.2, -0.15) is 0 Å². The number of morpholine rings is 1. The molecule has 7 heteroatoms. The zero-order valence-corrected chi connectivity index (χ0v) is 14.1. The number of nitrogens with one attached hydrogen (secondary N) is 1. The molecule has 0 unspecified atom stereocenters. The summed E-state index contributed by atoms with van der Waals surface area (Å²) in [5.74, 6) is 0.541. The molecule has 0 saturated carbocycles. The molecule has 1 amide bonds. The molecular weight excluding hydrogens is 314 g/mol. The van der Waals surface area contributed by atoms with Gasteiger partial charge in [0.1, 0.15) is 5.69 Å². The van der Waals surface area contributed by atoms with Crippen LogP contribution in [-0.4, -0.2) is 54.2 Å². The van der Waals surface area contributed by atoms with Gasteiger partial charge in [0.15, 0.2) is 10.8 Å². The Bertz CT molecular complexity index is 631. The number of thiazole rings is 1. The van der Waals surface area contributed by atoms with Crippen molar-refractivity contribution in [3.05, 3.63) is 29.5 Å². The minimum absolute atomic E-state index is 0.145. The second-order valence-electron chi connectivity index (χ2n) is 5.79. The standard InChI is InChI=1S/C16H21N3O3S/c1-11-8-19(9-12(2)22-11)6-5-17-15(20)13-10-23-16(18-13)14-4-3-7-21-14/h3-4,7,10-12H,5-6,8-9H2,1-2H3,(H,17,20)/t11-,12-/m0/s1. The zero-order valence-electron chi connectivity index (χ0n) is 13.3. The minimum atomic E-state index is -0.145. The van der Waals surface area contributed by atoms with Crippen LogP contribution in [-0.2, 0) is 4.74 Å². The molecule has 0 spiro atoms. The number of carbonyl (C=O) groups excluding carboxylic acids is 1. The molecule has 0 radical (unpaired) electrons. The van der Waals surface area contributed by atoms with Crippen molar-refractivity contribution in [1.29, 1.82) is 0 Å². The SMILES string of the molecule is C[C@H]1CN(CCNC(=O)c2csc(-c3ccco3)n2)C[C@H](C)O1. The molecule has 23 heavy (non-hydrogen) atoms. The molecule has 2 aromatic heterocycles. The first-order valence-corrected chi connectivity index (χ1v) is 8.65. The predicted octanol–water partition coefficient (Wildman–Crippen LogP) is 2.24. The quantitative estimate of drug-likeness (QED) is 0.908. The maximum Gasteiger partial charge on any atom is 0.270 e. The lowest BCUT2D eigenvalue weighted by Gasteiger charge is -2.35. The average molecular weight is 335 g/mol. The van der Waals surface area contributed by atoms with Gasteiger partial charge < -0.3 is 14.5 Å². The smallest absolute Gasteiger partial charge is 0.270 e. The molecule has 1 saturated heterocycles. The number of amides is 1. The Labute approximate surface area is 139 Å². The molecule has 0 bridgehead atoms.